The molecule has 1 aliphatic rings. The normalized spacial score (nSPS) is 13.9. The molecule has 0 spiro atoms. The van der Waals surface area contributed by atoms with Crippen LogP contribution in [-0.2, 0) is 40.0 Å². The molecular formula is C23H27N7O5S. The molecule has 4 heterocycles. The summed E-state index contributed by atoms with van der Waals surface area (Å²) in [5.41, 5.74) is 2.81. The van der Waals surface area contributed by atoms with Crippen LogP contribution in [0.5, 0.6) is 0 Å². The van der Waals surface area contributed by atoms with Crippen molar-refractivity contribution in [3.8, 4) is 0 Å². The topological polar surface area (TPSA) is 168 Å². The van der Waals surface area contributed by atoms with E-state index in [1.807, 2.05) is 6.07 Å². The minimum absolute atomic E-state index is 0.235. The van der Waals surface area contributed by atoms with Gasteiger partial charge in [-0.15, -0.1) is 0 Å². The average Bonchev–Trinajstić information content (AvgIpc) is 3.34. The molecule has 1 atom stereocenters. The van der Waals surface area contributed by atoms with Crippen molar-refractivity contribution in [2.75, 3.05) is 18.4 Å². The van der Waals surface area contributed by atoms with Crippen molar-refractivity contribution in [2.24, 2.45) is 0 Å². The number of nitrogens with zero attached hydrogens (tertiary/aromatic N) is 4. The SMILES string of the molecule is O=C(NC[C@H](NS(=O)(=O)Cc1ccncc1)C(=O)O)c1cnn(CCc2ccc3c(n2)NCCC3)c1. The molecule has 0 saturated carbocycles. The highest BCUT2D eigenvalue weighted by atomic mass is 32.2. The number of pyridine rings is 2. The number of hydrogen-bond donors (Lipinski definition) is 4. The summed E-state index contributed by atoms with van der Waals surface area (Å²) in [6, 6.07) is 5.58. The zero-order valence-corrected chi connectivity index (χ0v) is 20.2. The molecule has 0 bridgehead atoms. The lowest BCUT2D eigenvalue weighted by molar-refractivity contribution is -0.138. The van der Waals surface area contributed by atoms with Gasteiger partial charge in [-0.3, -0.25) is 19.3 Å². The van der Waals surface area contributed by atoms with Gasteiger partial charge in [-0.05, 0) is 42.2 Å². The fourth-order valence-electron chi connectivity index (χ4n) is 3.77. The number of sulfonamides is 1. The van der Waals surface area contributed by atoms with Crippen molar-refractivity contribution in [3.05, 3.63) is 71.4 Å². The van der Waals surface area contributed by atoms with Crippen molar-refractivity contribution in [1.29, 1.82) is 0 Å². The van der Waals surface area contributed by atoms with Gasteiger partial charge in [-0.25, -0.2) is 13.4 Å². The van der Waals surface area contributed by atoms with E-state index in [2.05, 4.69) is 36.5 Å². The lowest BCUT2D eigenvalue weighted by Gasteiger charge is -2.17. The number of rotatable bonds is 11. The van der Waals surface area contributed by atoms with Crippen molar-refractivity contribution in [3.63, 3.8) is 0 Å². The summed E-state index contributed by atoms with van der Waals surface area (Å²) in [5.74, 6) is -1.45. The first kappa shape index (κ1) is 25.3. The summed E-state index contributed by atoms with van der Waals surface area (Å²) in [6.07, 6.45) is 8.55. The van der Waals surface area contributed by atoms with Crippen LogP contribution in [0.15, 0.2) is 49.1 Å². The Morgan fingerprint density at radius 1 is 1.19 bits per heavy atom. The van der Waals surface area contributed by atoms with Gasteiger partial charge in [0, 0.05) is 50.3 Å². The van der Waals surface area contributed by atoms with Crippen LogP contribution >= 0.6 is 0 Å². The van der Waals surface area contributed by atoms with Crippen molar-refractivity contribution in [2.45, 2.75) is 37.6 Å². The Balaban J connectivity index is 1.29. The first-order chi connectivity index (χ1) is 17.3. The molecule has 3 aromatic heterocycles. The zero-order chi connectivity index (χ0) is 25.5. The van der Waals surface area contributed by atoms with E-state index in [1.54, 1.807) is 10.9 Å². The molecule has 1 aliphatic heterocycles. The molecule has 190 valence electrons. The lowest BCUT2D eigenvalue weighted by Crippen LogP contribution is -2.48. The second kappa shape index (κ2) is 11.3. The van der Waals surface area contributed by atoms with Crippen LogP contribution in [0.2, 0.25) is 0 Å². The first-order valence-electron chi connectivity index (χ1n) is 11.4. The maximum absolute atomic E-state index is 12.5. The molecule has 12 nitrogen and oxygen atoms in total. The van der Waals surface area contributed by atoms with Crippen molar-refractivity contribution < 1.29 is 23.1 Å². The number of aromatic nitrogens is 4. The highest BCUT2D eigenvalue weighted by molar-refractivity contribution is 7.88. The number of carboxylic acid groups (broad SMARTS) is 1. The number of carboxylic acids is 1. The molecular weight excluding hydrogens is 486 g/mol. The van der Waals surface area contributed by atoms with E-state index in [0.717, 1.165) is 30.9 Å². The number of aliphatic carboxylic acids is 1. The van der Waals surface area contributed by atoms with Crippen LogP contribution in [0.4, 0.5) is 5.82 Å². The van der Waals surface area contributed by atoms with E-state index in [0.29, 0.717) is 18.5 Å². The summed E-state index contributed by atoms with van der Waals surface area (Å²) in [4.78, 5) is 32.6. The first-order valence-corrected chi connectivity index (χ1v) is 13.1. The van der Waals surface area contributed by atoms with Crippen molar-refractivity contribution >= 4 is 27.7 Å². The van der Waals surface area contributed by atoms with Gasteiger partial charge in [0.25, 0.3) is 5.91 Å². The number of hydrogen-bond acceptors (Lipinski definition) is 8. The Bertz CT molecular complexity index is 1330. The molecule has 3 aromatic rings. The number of nitrogens with one attached hydrogen (secondary N) is 3. The Morgan fingerprint density at radius 2 is 2.00 bits per heavy atom. The smallest absolute Gasteiger partial charge is 0.323 e. The van der Waals surface area contributed by atoms with E-state index in [1.165, 1.54) is 36.3 Å². The van der Waals surface area contributed by atoms with Gasteiger partial charge in [0.15, 0.2) is 0 Å². The molecule has 0 unspecified atom stereocenters. The predicted octanol–water partition coefficient (Wildman–Crippen LogP) is 0.577. The molecule has 0 radical (unpaired) electrons. The van der Waals surface area contributed by atoms with Gasteiger partial charge in [-0.2, -0.15) is 9.82 Å². The zero-order valence-electron chi connectivity index (χ0n) is 19.4. The van der Waals surface area contributed by atoms with E-state index in [4.69, 9.17) is 0 Å². The van der Waals surface area contributed by atoms with Crippen LogP contribution in [0.3, 0.4) is 0 Å². The number of carbonyl (C=O) groups excluding carboxylic acids is 1. The number of anilines is 1. The second-order valence-corrected chi connectivity index (χ2v) is 10.2. The van der Waals surface area contributed by atoms with E-state index >= 15 is 0 Å². The average molecular weight is 514 g/mol. The summed E-state index contributed by atoms with van der Waals surface area (Å²) >= 11 is 0. The molecule has 0 fully saturated rings. The Hall–Kier alpha value is -3.84. The Kier molecular flexibility index (Phi) is 7.90. The molecule has 4 N–H and O–H groups in total. The largest absolute Gasteiger partial charge is 0.480 e. The third-order valence-corrected chi connectivity index (χ3v) is 6.99. The molecule has 0 saturated heterocycles. The minimum Gasteiger partial charge on any atom is -0.480 e. The van der Waals surface area contributed by atoms with Crippen LogP contribution in [0, 0.1) is 0 Å². The van der Waals surface area contributed by atoms with Crippen LogP contribution in [-0.4, -0.2) is 64.3 Å². The van der Waals surface area contributed by atoms with E-state index < -0.39 is 40.2 Å². The molecule has 13 heteroatoms. The predicted molar refractivity (Wildman–Crippen MR) is 131 cm³/mol. The van der Waals surface area contributed by atoms with Gasteiger partial charge < -0.3 is 15.7 Å². The Labute approximate surface area is 208 Å². The molecule has 4 rings (SSSR count). The monoisotopic (exact) mass is 513 g/mol. The molecule has 0 aromatic carbocycles. The summed E-state index contributed by atoms with van der Waals surface area (Å²) < 4.78 is 28.5. The van der Waals surface area contributed by atoms with Crippen LogP contribution in [0.1, 0.15) is 33.6 Å². The van der Waals surface area contributed by atoms with Gasteiger partial charge in [0.1, 0.15) is 11.9 Å². The summed E-state index contributed by atoms with van der Waals surface area (Å²) in [7, 11) is -3.96. The number of fused-ring (bicyclic) bond motifs is 1. The maximum Gasteiger partial charge on any atom is 0.323 e. The second-order valence-electron chi connectivity index (χ2n) is 8.42. The number of carbonyl (C=O) groups is 2. The Morgan fingerprint density at radius 3 is 2.78 bits per heavy atom. The van der Waals surface area contributed by atoms with Crippen LogP contribution < -0.4 is 15.4 Å². The molecule has 0 aliphatic carbocycles. The van der Waals surface area contributed by atoms with Gasteiger partial charge in [0.05, 0.1) is 17.5 Å². The quantitative estimate of drug-likeness (QED) is 0.286. The minimum atomic E-state index is -3.96. The third kappa shape index (κ3) is 6.86. The van der Waals surface area contributed by atoms with E-state index in [-0.39, 0.29) is 5.56 Å². The number of amides is 1. The highest BCUT2D eigenvalue weighted by Crippen LogP contribution is 2.20. The van der Waals surface area contributed by atoms with Crippen molar-refractivity contribution in [1.82, 2.24) is 29.8 Å². The summed E-state index contributed by atoms with van der Waals surface area (Å²) in [6.45, 7) is 0.989. The maximum atomic E-state index is 12.5. The fourth-order valence-corrected chi connectivity index (χ4v) is 5.11. The van der Waals surface area contributed by atoms with Gasteiger partial charge in [0.2, 0.25) is 10.0 Å². The standard InChI is InChI=1S/C23H27N7O5S/c31-22(26-13-20(23(32)33)29-36(34,35)15-16-5-9-24-10-6-16)18-12-27-30(14-18)11-7-19-4-3-17-2-1-8-25-21(17)28-19/h3-6,9-10,12,14,20,29H,1-2,7-8,11,13,15H2,(H,25,28)(H,26,31)(H,32,33)/t20-/m0/s1. The fraction of sp³-hybridized carbons (Fsp3) is 0.348. The molecule has 1 amide bonds. The molecule has 36 heavy (non-hydrogen) atoms. The number of aryl methyl sites for hydroxylation is 3. The summed E-state index contributed by atoms with van der Waals surface area (Å²) in [5, 5.41) is 19.4. The lowest BCUT2D eigenvalue weighted by atomic mass is 10.1. The van der Waals surface area contributed by atoms with E-state index in [9.17, 15) is 23.1 Å². The van der Waals surface area contributed by atoms with Crippen LogP contribution in [0.25, 0.3) is 0 Å². The van der Waals surface area contributed by atoms with Gasteiger partial charge >= 0.3 is 5.97 Å². The third-order valence-electron chi connectivity index (χ3n) is 5.64. The highest BCUT2D eigenvalue weighted by Gasteiger charge is 2.25. The van der Waals surface area contributed by atoms with Gasteiger partial charge in [-0.1, -0.05) is 6.07 Å².